The molecule has 0 bridgehead atoms. The third-order valence-corrected chi connectivity index (χ3v) is 1.90. The van der Waals surface area contributed by atoms with Crippen molar-refractivity contribution < 1.29 is 9.53 Å². The topological polar surface area (TPSA) is 38.3 Å². The molecule has 3 nitrogen and oxygen atoms in total. The minimum Gasteiger partial charge on any atom is -0.440 e. The molecule has 0 saturated carbocycles. The number of alkyl carbamates (subject to hydrolysis) is 1. The maximum Gasteiger partial charge on any atom is 0.407 e. The standard InChI is InChI=1S/C9H13NO2/c1-3-5-9(6-4-2)7-10-8(11)12-9/h3-4H,1-2,5-7H2,(H,10,11). The second kappa shape index (κ2) is 3.43. The number of hydrogen-bond donors (Lipinski definition) is 1. The van der Waals surface area contributed by atoms with E-state index in [1.807, 2.05) is 0 Å². The van der Waals surface area contributed by atoms with E-state index in [9.17, 15) is 4.79 Å². The van der Waals surface area contributed by atoms with E-state index in [4.69, 9.17) is 4.74 Å². The van der Waals surface area contributed by atoms with E-state index in [2.05, 4.69) is 18.5 Å². The van der Waals surface area contributed by atoms with Crippen LogP contribution in [0.5, 0.6) is 0 Å². The van der Waals surface area contributed by atoms with Crippen molar-refractivity contribution in [1.82, 2.24) is 5.32 Å². The van der Waals surface area contributed by atoms with E-state index in [0.29, 0.717) is 19.4 Å². The number of amides is 1. The number of ether oxygens (including phenoxy) is 1. The van der Waals surface area contributed by atoms with Crippen LogP contribution in [0, 0.1) is 0 Å². The number of carbonyl (C=O) groups excluding carboxylic acids is 1. The van der Waals surface area contributed by atoms with Crippen LogP contribution in [-0.4, -0.2) is 18.2 Å². The van der Waals surface area contributed by atoms with E-state index in [1.165, 1.54) is 0 Å². The summed E-state index contributed by atoms with van der Waals surface area (Å²) in [5.41, 5.74) is -0.430. The highest BCUT2D eigenvalue weighted by molar-refractivity contribution is 5.70. The zero-order chi connectivity index (χ0) is 9.03. The van der Waals surface area contributed by atoms with Crippen LogP contribution in [0.1, 0.15) is 12.8 Å². The molecule has 1 rings (SSSR count). The third kappa shape index (κ3) is 1.67. The molecular formula is C9H13NO2. The Morgan fingerprint density at radius 2 is 2.08 bits per heavy atom. The van der Waals surface area contributed by atoms with Crippen molar-refractivity contribution in [1.29, 1.82) is 0 Å². The zero-order valence-corrected chi connectivity index (χ0v) is 7.01. The molecule has 66 valence electrons. The summed E-state index contributed by atoms with van der Waals surface area (Å²) in [5, 5.41) is 2.62. The Hall–Kier alpha value is -1.25. The predicted octanol–water partition coefficient (Wildman–Crippen LogP) is 1.62. The number of hydrogen-bond acceptors (Lipinski definition) is 2. The Labute approximate surface area is 72.1 Å². The summed E-state index contributed by atoms with van der Waals surface area (Å²) in [5.74, 6) is 0. The smallest absolute Gasteiger partial charge is 0.407 e. The van der Waals surface area contributed by atoms with Crippen molar-refractivity contribution in [2.24, 2.45) is 0 Å². The third-order valence-electron chi connectivity index (χ3n) is 1.90. The van der Waals surface area contributed by atoms with Crippen LogP contribution in [0.25, 0.3) is 0 Å². The van der Waals surface area contributed by atoms with Gasteiger partial charge in [-0.2, -0.15) is 0 Å². The average Bonchev–Trinajstić information content (AvgIpc) is 2.34. The SMILES string of the molecule is C=CCC1(CC=C)CNC(=O)O1. The summed E-state index contributed by atoms with van der Waals surface area (Å²) < 4.78 is 5.14. The zero-order valence-electron chi connectivity index (χ0n) is 7.01. The van der Waals surface area contributed by atoms with E-state index >= 15 is 0 Å². The fraction of sp³-hybridized carbons (Fsp3) is 0.444. The average molecular weight is 167 g/mol. The maximum absolute atomic E-state index is 10.8. The van der Waals surface area contributed by atoms with Crippen LogP contribution >= 0.6 is 0 Å². The molecule has 1 aliphatic heterocycles. The van der Waals surface area contributed by atoms with Crippen molar-refractivity contribution in [2.45, 2.75) is 18.4 Å². The number of nitrogens with one attached hydrogen (secondary N) is 1. The molecule has 3 heteroatoms. The molecule has 1 fully saturated rings. The second-order valence-electron chi connectivity index (χ2n) is 2.91. The van der Waals surface area contributed by atoms with Gasteiger partial charge in [0.2, 0.25) is 0 Å². The Kier molecular flexibility index (Phi) is 2.53. The molecule has 1 heterocycles. The van der Waals surface area contributed by atoms with Crippen molar-refractivity contribution in [3.05, 3.63) is 25.3 Å². The van der Waals surface area contributed by atoms with Gasteiger partial charge in [0.15, 0.2) is 0 Å². The minimum absolute atomic E-state index is 0.348. The normalized spacial score (nSPS) is 19.5. The molecule has 0 unspecified atom stereocenters. The van der Waals surface area contributed by atoms with Crippen LogP contribution in [-0.2, 0) is 4.74 Å². The Morgan fingerprint density at radius 1 is 1.50 bits per heavy atom. The van der Waals surface area contributed by atoms with E-state index in [-0.39, 0.29) is 6.09 Å². The summed E-state index contributed by atoms with van der Waals surface area (Å²) >= 11 is 0. The van der Waals surface area contributed by atoms with Crippen molar-refractivity contribution in [2.75, 3.05) is 6.54 Å². The second-order valence-corrected chi connectivity index (χ2v) is 2.91. The van der Waals surface area contributed by atoms with Gasteiger partial charge >= 0.3 is 6.09 Å². The lowest BCUT2D eigenvalue weighted by Crippen LogP contribution is -2.31. The van der Waals surface area contributed by atoms with E-state index in [0.717, 1.165) is 0 Å². The summed E-state index contributed by atoms with van der Waals surface area (Å²) in [6.45, 7) is 7.79. The van der Waals surface area contributed by atoms with Crippen LogP contribution in [0.2, 0.25) is 0 Å². The lowest BCUT2D eigenvalue weighted by atomic mass is 9.96. The van der Waals surface area contributed by atoms with E-state index < -0.39 is 5.60 Å². The molecule has 1 N–H and O–H groups in total. The van der Waals surface area contributed by atoms with Gasteiger partial charge in [0.05, 0.1) is 6.54 Å². The molecule has 12 heavy (non-hydrogen) atoms. The summed E-state index contributed by atoms with van der Waals surface area (Å²) in [7, 11) is 0. The Morgan fingerprint density at radius 3 is 2.42 bits per heavy atom. The summed E-state index contributed by atoms with van der Waals surface area (Å²) in [6.07, 6.45) is 4.49. The summed E-state index contributed by atoms with van der Waals surface area (Å²) in [4.78, 5) is 10.8. The Balaban J connectivity index is 2.65. The van der Waals surface area contributed by atoms with Crippen molar-refractivity contribution in [3.8, 4) is 0 Å². The molecule has 1 saturated heterocycles. The van der Waals surface area contributed by atoms with Crippen molar-refractivity contribution in [3.63, 3.8) is 0 Å². The van der Waals surface area contributed by atoms with Crippen LogP contribution in [0.3, 0.4) is 0 Å². The first-order valence-corrected chi connectivity index (χ1v) is 3.91. The fourth-order valence-corrected chi connectivity index (χ4v) is 1.34. The lowest BCUT2D eigenvalue weighted by Gasteiger charge is -2.22. The Bertz CT molecular complexity index is 201. The molecule has 0 atom stereocenters. The molecule has 0 aromatic rings. The lowest BCUT2D eigenvalue weighted by molar-refractivity contribution is 0.0618. The van der Waals surface area contributed by atoms with Gasteiger partial charge in [0.1, 0.15) is 5.60 Å². The van der Waals surface area contributed by atoms with Gasteiger partial charge in [0.25, 0.3) is 0 Å². The molecule has 0 aromatic carbocycles. The van der Waals surface area contributed by atoms with Crippen LogP contribution < -0.4 is 5.32 Å². The number of rotatable bonds is 4. The highest BCUT2D eigenvalue weighted by atomic mass is 16.6. The van der Waals surface area contributed by atoms with Gasteiger partial charge in [-0.1, -0.05) is 12.2 Å². The number of cyclic esters (lactones) is 1. The molecule has 0 radical (unpaired) electrons. The first kappa shape index (κ1) is 8.84. The fourth-order valence-electron chi connectivity index (χ4n) is 1.34. The van der Waals surface area contributed by atoms with Crippen LogP contribution in [0.15, 0.2) is 25.3 Å². The quantitative estimate of drug-likeness (QED) is 0.646. The monoisotopic (exact) mass is 167 g/mol. The molecular weight excluding hydrogens is 154 g/mol. The van der Waals surface area contributed by atoms with Gasteiger partial charge in [-0.3, -0.25) is 0 Å². The first-order valence-electron chi connectivity index (χ1n) is 3.91. The highest BCUT2D eigenvalue weighted by Gasteiger charge is 2.37. The van der Waals surface area contributed by atoms with Gasteiger partial charge in [0, 0.05) is 12.8 Å². The largest absolute Gasteiger partial charge is 0.440 e. The summed E-state index contributed by atoms with van der Waals surface area (Å²) in [6, 6.07) is 0. The van der Waals surface area contributed by atoms with E-state index in [1.54, 1.807) is 12.2 Å². The van der Waals surface area contributed by atoms with Gasteiger partial charge < -0.3 is 10.1 Å². The van der Waals surface area contributed by atoms with Gasteiger partial charge in [-0.25, -0.2) is 4.79 Å². The molecule has 1 amide bonds. The predicted molar refractivity (Wildman–Crippen MR) is 46.8 cm³/mol. The molecule has 0 spiro atoms. The molecule has 1 aliphatic rings. The molecule has 0 aromatic heterocycles. The van der Waals surface area contributed by atoms with Gasteiger partial charge in [-0.15, -0.1) is 13.2 Å². The van der Waals surface area contributed by atoms with Crippen LogP contribution in [0.4, 0.5) is 4.79 Å². The number of carbonyl (C=O) groups is 1. The highest BCUT2D eigenvalue weighted by Crippen LogP contribution is 2.25. The van der Waals surface area contributed by atoms with Crippen molar-refractivity contribution >= 4 is 6.09 Å². The maximum atomic E-state index is 10.8. The first-order chi connectivity index (χ1) is 5.72. The molecule has 0 aliphatic carbocycles. The van der Waals surface area contributed by atoms with Gasteiger partial charge in [-0.05, 0) is 0 Å². The minimum atomic E-state index is -0.430.